The zero-order valence-corrected chi connectivity index (χ0v) is 18.6. The average molecular weight is 404 g/mol. The van der Waals surface area contributed by atoms with Crippen molar-refractivity contribution in [2.24, 2.45) is 7.05 Å². The van der Waals surface area contributed by atoms with E-state index in [1.165, 1.54) is 44.0 Å². The molecule has 0 unspecified atom stereocenters. The maximum absolute atomic E-state index is 5.15. The second-order valence-electron chi connectivity index (χ2n) is 8.67. The monoisotopic (exact) mass is 403 g/mol. The van der Waals surface area contributed by atoms with Crippen LogP contribution in [0.4, 0.5) is 0 Å². The Morgan fingerprint density at radius 3 is 2.13 bits per heavy atom. The Morgan fingerprint density at radius 1 is 0.742 bits per heavy atom. The van der Waals surface area contributed by atoms with E-state index in [2.05, 4.69) is 117 Å². The quantitative estimate of drug-likeness (QED) is 0.235. The molecule has 4 aromatic carbocycles. The van der Waals surface area contributed by atoms with Gasteiger partial charge in [0.15, 0.2) is 5.52 Å². The second kappa shape index (κ2) is 7.63. The van der Waals surface area contributed by atoms with E-state index < -0.39 is 0 Å². The van der Waals surface area contributed by atoms with E-state index in [0.29, 0.717) is 5.92 Å². The highest BCUT2D eigenvalue weighted by Crippen LogP contribution is 2.35. The van der Waals surface area contributed by atoms with E-state index in [4.69, 9.17) is 4.98 Å². The minimum absolute atomic E-state index is 0.528. The van der Waals surface area contributed by atoms with E-state index in [1.807, 2.05) is 0 Å². The zero-order valence-electron chi connectivity index (χ0n) is 18.6. The molecule has 0 atom stereocenters. The molecule has 5 rings (SSSR count). The van der Waals surface area contributed by atoms with Crippen LogP contribution in [0.25, 0.3) is 44.2 Å². The number of aromatic nitrogens is 2. The lowest BCUT2D eigenvalue weighted by molar-refractivity contribution is -0.661. The van der Waals surface area contributed by atoms with Crippen molar-refractivity contribution in [1.82, 2.24) is 4.98 Å². The first-order valence-corrected chi connectivity index (χ1v) is 10.9. The van der Waals surface area contributed by atoms with Gasteiger partial charge in [-0.25, -0.2) is 4.57 Å². The Bertz CT molecular complexity index is 1410. The molecule has 0 saturated heterocycles. The molecular weight excluding hydrogens is 376 g/mol. The summed E-state index contributed by atoms with van der Waals surface area (Å²) < 4.78 is 2.15. The van der Waals surface area contributed by atoms with Crippen molar-refractivity contribution in [2.45, 2.75) is 26.7 Å². The van der Waals surface area contributed by atoms with Gasteiger partial charge in [0.05, 0.1) is 18.0 Å². The first kappa shape index (κ1) is 19.4. The summed E-state index contributed by atoms with van der Waals surface area (Å²) in [6.45, 7) is 6.61. The number of hydrogen-bond donors (Lipinski definition) is 0. The van der Waals surface area contributed by atoms with Gasteiger partial charge < -0.3 is 0 Å². The Labute approximate surface area is 183 Å². The van der Waals surface area contributed by atoms with Crippen LogP contribution in [-0.2, 0) is 7.05 Å². The highest BCUT2D eigenvalue weighted by Gasteiger charge is 2.20. The number of benzene rings is 4. The molecule has 0 fully saturated rings. The average Bonchev–Trinajstić information content (AvgIpc) is 2.79. The summed E-state index contributed by atoms with van der Waals surface area (Å²) in [5.74, 6) is 1.52. The fourth-order valence-corrected chi connectivity index (χ4v) is 4.42. The number of aryl methyl sites for hydroxylation is 2. The fraction of sp³-hybridized carbons (Fsp3) is 0.172. The van der Waals surface area contributed by atoms with Crippen molar-refractivity contribution < 1.29 is 4.57 Å². The van der Waals surface area contributed by atoms with Gasteiger partial charge in [-0.3, -0.25) is 0 Å². The smallest absolute Gasteiger partial charge is 0.232 e. The van der Waals surface area contributed by atoms with Crippen molar-refractivity contribution in [2.75, 3.05) is 0 Å². The predicted octanol–water partition coefficient (Wildman–Crippen LogP) is 6.98. The normalized spacial score (nSPS) is 11.5. The van der Waals surface area contributed by atoms with Crippen LogP contribution in [0.5, 0.6) is 0 Å². The molecule has 5 aromatic rings. The first-order valence-electron chi connectivity index (χ1n) is 10.9. The number of hydrogen-bond acceptors (Lipinski definition) is 1. The summed E-state index contributed by atoms with van der Waals surface area (Å²) in [6.07, 6.45) is 2.22. The highest BCUT2D eigenvalue weighted by atomic mass is 15.0. The van der Waals surface area contributed by atoms with Gasteiger partial charge in [-0.2, -0.15) is 0 Å². The maximum atomic E-state index is 5.15. The van der Waals surface area contributed by atoms with Gasteiger partial charge in [0, 0.05) is 0 Å². The van der Waals surface area contributed by atoms with Crippen LogP contribution in [0.3, 0.4) is 0 Å². The third-order valence-electron chi connectivity index (χ3n) is 6.22. The minimum Gasteiger partial charge on any atom is -0.232 e. The molecule has 0 saturated carbocycles. The van der Waals surface area contributed by atoms with Gasteiger partial charge in [-0.15, -0.1) is 0 Å². The SMILES string of the molecule is Cc1ccccc1-c1nc2cc(-c3ccc(C(C)C)cc3)c3ccccc3c2c[n+]1C. The molecular formula is C29H27N2+. The molecule has 2 heteroatoms. The van der Waals surface area contributed by atoms with Gasteiger partial charge in [0.2, 0.25) is 0 Å². The lowest BCUT2D eigenvalue weighted by Crippen LogP contribution is -2.32. The number of rotatable bonds is 3. The summed E-state index contributed by atoms with van der Waals surface area (Å²) in [7, 11) is 2.08. The predicted molar refractivity (Wildman–Crippen MR) is 130 cm³/mol. The molecule has 1 aromatic heterocycles. The summed E-state index contributed by atoms with van der Waals surface area (Å²) in [6, 6.07) is 28.3. The van der Waals surface area contributed by atoms with Gasteiger partial charge >= 0.3 is 5.82 Å². The number of fused-ring (bicyclic) bond motifs is 3. The molecule has 1 heterocycles. The molecule has 2 nitrogen and oxygen atoms in total. The number of nitrogens with zero attached hydrogens (tertiary/aromatic N) is 2. The highest BCUT2D eigenvalue weighted by molar-refractivity contribution is 6.12. The van der Waals surface area contributed by atoms with E-state index in [9.17, 15) is 0 Å². The molecule has 0 spiro atoms. The Balaban J connectivity index is 1.79. The van der Waals surface area contributed by atoms with Crippen molar-refractivity contribution in [3.05, 3.63) is 96.2 Å². The van der Waals surface area contributed by atoms with Crippen LogP contribution < -0.4 is 4.57 Å². The molecule has 152 valence electrons. The van der Waals surface area contributed by atoms with Crippen LogP contribution in [-0.4, -0.2) is 4.98 Å². The largest absolute Gasteiger partial charge is 0.331 e. The minimum atomic E-state index is 0.528. The first-order chi connectivity index (χ1) is 15.0. The second-order valence-corrected chi connectivity index (χ2v) is 8.67. The molecule has 31 heavy (non-hydrogen) atoms. The molecule has 0 bridgehead atoms. The van der Waals surface area contributed by atoms with Crippen LogP contribution in [0.1, 0.15) is 30.9 Å². The fourth-order valence-electron chi connectivity index (χ4n) is 4.42. The lowest BCUT2D eigenvalue weighted by Gasteiger charge is -2.11. The Hall–Kier alpha value is -3.52. The summed E-state index contributed by atoms with van der Waals surface area (Å²) in [5.41, 5.74) is 7.25. The summed E-state index contributed by atoms with van der Waals surface area (Å²) in [4.78, 5) is 5.15. The van der Waals surface area contributed by atoms with Gasteiger partial charge in [-0.05, 0) is 63.0 Å². The molecule has 0 aliphatic carbocycles. The van der Waals surface area contributed by atoms with Crippen LogP contribution in [0.2, 0.25) is 0 Å². The van der Waals surface area contributed by atoms with E-state index in [-0.39, 0.29) is 0 Å². The van der Waals surface area contributed by atoms with E-state index in [0.717, 1.165) is 11.3 Å². The van der Waals surface area contributed by atoms with Crippen molar-refractivity contribution >= 4 is 21.7 Å². The summed E-state index contributed by atoms with van der Waals surface area (Å²) in [5, 5.41) is 3.68. The Morgan fingerprint density at radius 2 is 1.42 bits per heavy atom. The zero-order chi connectivity index (χ0) is 21.5. The lowest BCUT2D eigenvalue weighted by atomic mass is 9.93. The molecule has 0 N–H and O–H groups in total. The standard InChI is InChI=1S/C29H27N2/c1-19(2)21-13-15-22(16-14-21)26-17-28-27(25-12-8-7-11-24(25)26)18-31(4)29(30-28)23-10-6-5-9-20(23)3/h5-19H,1-4H3/q+1. The Kier molecular flexibility index (Phi) is 4.78. The van der Waals surface area contributed by atoms with Gasteiger partial charge in [0.25, 0.3) is 0 Å². The molecule has 0 aliphatic rings. The van der Waals surface area contributed by atoms with Gasteiger partial charge in [0.1, 0.15) is 6.20 Å². The van der Waals surface area contributed by atoms with Crippen molar-refractivity contribution in [3.63, 3.8) is 0 Å². The molecule has 0 aliphatic heterocycles. The van der Waals surface area contributed by atoms with Crippen LogP contribution in [0, 0.1) is 6.92 Å². The summed E-state index contributed by atoms with van der Waals surface area (Å²) >= 11 is 0. The third kappa shape index (κ3) is 3.38. The molecule has 0 radical (unpaired) electrons. The van der Waals surface area contributed by atoms with Crippen molar-refractivity contribution in [1.29, 1.82) is 0 Å². The maximum Gasteiger partial charge on any atom is 0.331 e. The van der Waals surface area contributed by atoms with E-state index >= 15 is 0 Å². The third-order valence-corrected chi connectivity index (χ3v) is 6.22. The topological polar surface area (TPSA) is 16.8 Å². The van der Waals surface area contributed by atoms with Crippen molar-refractivity contribution in [3.8, 4) is 22.5 Å². The van der Waals surface area contributed by atoms with Crippen LogP contribution in [0.15, 0.2) is 85.1 Å². The molecule has 0 amide bonds. The van der Waals surface area contributed by atoms with Gasteiger partial charge in [-0.1, -0.05) is 80.6 Å². The van der Waals surface area contributed by atoms with Crippen LogP contribution >= 0.6 is 0 Å². The van der Waals surface area contributed by atoms with E-state index in [1.54, 1.807) is 0 Å².